The van der Waals surface area contributed by atoms with E-state index < -0.39 is 4.92 Å². The number of nitrogens with zero attached hydrogens (tertiary/aromatic N) is 1. The van der Waals surface area contributed by atoms with Crippen LogP contribution in [0.1, 0.15) is 40.0 Å². The summed E-state index contributed by atoms with van der Waals surface area (Å²) in [4.78, 5) is 22.9. The van der Waals surface area contributed by atoms with Gasteiger partial charge in [0.15, 0.2) is 6.04 Å². The number of nitrogens with two attached hydrogens (primary N) is 1. The van der Waals surface area contributed by atoms with Crippen LogP contribution in [-0.2, 0) is 4.79 Å². The zero-order chi connectivity index (χ0) is 18.6. The Morgan fingerprint density at radius 1 is 1.40 bits per heavy atom. The van der Waals surface area contributed by atoms with Crippen molar-refractivity contribution in [3.05, 3.63) is 28.3 Å². The number of non-ortho nitro benzene ring substituents is 1. The van der Waals surface area contributed by atoms with E-state index in [9.17, 15) is 14.9 Å². The molecule has 1 aliphatic rings. The molecular weight excluding hydrogens is 322 g/mol. The normalized spacial score (nSPS) is 24.4. The van der Waals surface area contributed by atoms with Crippen LogP contribution < -0.4 is 15.4 Å². The highest BCUT2D eigenvalue weighted by Crippen LogP contribution is 2.29. The van der Waals surface area contributed by atoms with Crippen LogP contribution >= 0.6 is 0 Å². The SMILES string of the molecule is COc1cc([N+](=O)[O-])ccc1NC(=O)[C@H](C)[NH2+][C@@H]1CCC[C@@H](C)[C@H]1C. The van der Waals surface area contributed by atoms with E-state index in [1.165, 1.54) is 38.2 Å². The average Bonchev–Trinajstić information content (AvgIpc) is 2.58. The van der Waals surface area contributed by atoms with Crippen LogP contribution in [0.2, 0.25) is 0 Å². The highest BCUT2D eigenvalue weighted by molar-refractivity contribution is 5.95. The molecule has 1 amide bonds. The van der Waals surface area contributed by atoms with Gasteiger partial charge in [0, 0.05) is 12.0 Å². The van der Waals surface area contributed by atoms with Crippen LogP contribution in [0.4, 0.5) is 11.4 Å². The van der Waals surface area contributed by atoms with Gasteiger partial charge in [0.1, 0.15) is 5.75 Å². The third-order valence-electron chi connectivity index (χ3n) is 5.37. The Kier molecular flexibility index (Phi) is 6.36. The summed E-state index contributed by atoms with van der Waals surface area (Å²) < 4.78 is 5.17. The highest BCUT2D eigenvalue weighted by atomic mass is 16.6. The lowest BCUT2D eigenvalue weighted by atomic mass is 9.78. The van der Waals surface area contributed by atoms with E-state index in [4.69, 9.17) is 4.74 Å². The molecule has 138 valence electrons. The molecule has 7 nitrogen and oxygen atoms in total. The molecular formula is C18H28N3O4+. The second-order valence-corrected chi connectivity index (χ2v) is 7.04. The molecule has 2 rings (SSSR count). The van der Waals surface area contributed by atoms with Gasteiger partial charge in [-0.1, -0.05) is 13.8 Å². The van der Waals surface area contributed by atoms with Crippen molar-refractivity contribution in [2.75, 3.05) is 12.4 Å². The molecule has 3 N–H and O–H groups in total. The number of methoxy groups -OCH3 is 1. The summed E-state index contributed by atoms with van der Waals surface area (Å²) in [6.07, 6.45) is 3.59. The standard InChI is InChI=1S/C18H27N3O4/c1-11-6-5-7-15(12(11)2)19-13(3)18(22)20-16-9-8-14(21(23)24)10-17(16)25-4/h8-13,15,19H,5-7H2,1-4H3,(H,20,22)/p+1/t11-,12-,13+,15-/m1/s1. The van der Waals surface area contributed by atoms with Gasteiger partial charge >= 0.3 is 0 Å². The Labute approximate surface area is 148 Å². The molecule has 25 heavy (non-hydrogen) atoms. The summed E-state index contributed by atoms with van der Waals surface area (Å²) in [5.41, 5.74) is 0.378. The van der Waals surface area contributed by atoms with Crippen molar-refractivity contribution < 1.29 is 19.8 Å². The smallest absolute Gasteiger partial charge is 0.282 e. The number of hydrogen-bond acceptors (Lipinski definition) is 4. The van der Waals surface area contributed by atoms with Crippen LogP contribution in [0.15, 0.2) is 18.2 Å². The van der Waals surface area contributed by atoms with Gasteiger partial charge in [0.05, 0.1) is 29.8 Å². The third-order valence-corrected chi connectivity index (χ3v) is 5.37. The minimum absolute atomic E-state index is 0.0699. The zero-order valence-corrected chi connectivity index (χ0v) is 15.3. The van der Waals surface area contributed by atoms with E-state index in [0.717, 1.165) is 6.42 Å². The number of nitrogens with one attached hydrogen (secondary N) is 1. The van der Waals surface area contributed by atoms with Crippen LogP contribution in [0.5, 0.6) is 5.75 Å². The molecule has 0 saturated heterocycles. The molecule has 0 aromatic heterocycles. The van der Waals surface area contributed by atoms with E-state index in [1.54, 1.807) is 0 Å². The molecule has 4 atom stereocenters. The first kappa shape index (κ1) is 19.2. The number of amides is 1. The Morgan fingerprint density at radius 3 is 2.76 bits per heavy atom. The first-order valence-corrected chi connectivity index (χ1v) is 8.81. The average molecular weight is 350 g/mol. The van der Waals surface area contributed by atoms with E-state index in [-0.39, 0.29) is 23.4 Å². The molecule has 0 aliphatic heterocycles. The lowest BCUT2D eigenvalue weighted by Crippen LogP contribution is -2.97. The van der Waals surface area contributed by atoms with E-state index in [2.05, 4.69) is 24.5 Å². The van der Waals surface area contributed by atoms with Crippen LogP contribution in [0, 0.1) is 22.0 Å². The highest BCUT2D eigenvalue weighted by Gasteiger charge is 2.32. The van der Waals surface area contributed by atoms with Gasteiger partial charge in [-0.05, 0) is 38.2 Å². The molecule has 1 aromatic carbocycles. The monoisotopic (exact) mass is 350 g/mol. The second kappa shape index (κ2) is 8.29. The fourth-order valence-corrected chi connectivity index (χ4v) is 3.50. The van der Waals surface area contributed by atoms with Gasteiger partial charge in [-0.3, -0.25) is 14.9 Å². The van der Waals surface area contributed by atoms with Crippen molar-refractivity contribution in [2.45, 2.75) is 52.1 Å². The van der Waals surface area contributed by atoms with Crippen molar-refractivity contribution in [3.8, 4) is 5.75 Å². The van der Waals surface area contributed by atoms with E-state index in [0.29, 0.717) is 23.6 Å². The number of nitro benzene ring substituents is 1. The molecule has 0 spiro atoms. The lowest BCUT2D eigenvalue weighted by Gasteiger charge is -2.33. The maximum absolute atomic E-state index is 12.5. The fourth-order valence-electron chi connectivity index (χ4n) is 3.50. The van der Waals surface area contributed by atoms with Gasteiger partial charge in [0.25, 0.3) is 11.6 Å². The molecule has 1 saturated carbocycles. The number of benzene rings is 1. The third kappa shape index (κ3) is 4.69. The van der Waals surface area contributed by atoms with E-state index in [1.807, 2.05) is 6.92 Å². The number of carbonyl (C=O) groups excluding carboxylic acids is 1. The van der Waals surface area contributed by atoms with Crippen molar-refractivity contribution in [1.29, 1.82) is 0 Å². The summed E-state index contributed by atoms with van der Waals surface area (Å²) in [7, 11) is 1.43. The Hall–Kier alpha value is -2.15. The maximum Gasteiger partial charge on any atom is 0.282 e. The van der Waals surface area contributed by atoms with Gasteiger partial charge in [-0.25, -0.2) is 0 Å². The lowest BCUT2D eigenvalue weighted by molar-refractivity contribution is -0.715. The predicted octanol–water partition coefficient (Wildman–Crippen LogP) is 2.32. The number of hydrogen-bond donors (Lipinski definition) is 2. The minimum atomic E-state index is -0.490. The van der Waals surface area contributed by atoms with Gasteiger partial charge < -0.3 is 15.4 Å². The molecule has 1 aromatic rings. The molecule has 7 heteroatoms. The van der Waals surface area contributed by atoms with E-state index >= 15 is 0 Å². The summed E-state index contributed by atoms with van der Waals surface area (Å²) in [6.45, 7) is 6.42. The molecule has 1 fully saturated rings. The van der Waals surface area contributed by atoms with Crippen molar-refractivity contribution in [2.24, 2.45) is 11.8 Å². The first-order chi connectivity index (χ1) is 11.8. The Morgan fingerprint density at radius 2 is 2.12 bits per heavy atom. The van der Waals surface area contributed by atoms with Crippen molar-refractivity contribution >= 4 is 17.3 Å². The molecule has 0 radical (unpaired) electrons. The number of nitro groups is 1. The second-order valence-electron chi connectivity index (χ2n) is 7.04. The summed E-state index contributed by atoms with van der Waals surface area (Å²) in [5, 5.41) is 15.8. The Balaban J connectivity index is 2.02. The Bertz CT molecular complexity index is 635. The molecule has 0 bridgehead atoms. The van der Waals surface area contributed by atoms with Crippen LogP contribution in [0.3, 0.4) is 0 Å². The summed E-state index contributed by atoms with van der Waals surface area (Å²) in [5.74, 6) is 1.42. The number of rotatable bonds is 6. The molecule has 0 heterocycles. The largest absolute Gasteiger partial charge is 0.494 e. The number of carbonyl (C=O) groups is 1. The first-order valence-electron chi connectivity index (χ1n) is 8.81. The fraction of sp³-hybridized carbons (Fsp3) is 0.611. The van der Waals surface area contributed by atoms with Crippen LogP contribution in [-0.4, -0.2) is 30.0 Å². The molecule has 1 aliphatic carbocycles. The summed E-state index contributed by atoms with van der Waals surface area (Å²) >= 11 is 0. The number of quaternary nitrogens is 1. The zero-order valence-electron chi connectivity index (χ0n) is 15.3. The minimum Gasteiger partial charge on any atom is -0.494 e. The maximum atomic E-state index is 12.5. The molecule has 0 unspecified atom stereocenters. The van der Waals surface area contributed by atoms with Crippen molar-refractivity contribution in [3.63, 3.8) is 0 Å². The van der Waals surface area contributed by atoms with Crippen molar-refractivity contribution in [1.82, 2.24) is 0 Å². The van der Waals surface area contributed by atoms with Crippen LogP contribution in [0.25, 0.3) is 0 Å². The van der Waals surface area contributed by atoms with Gasteiger partial charge in [-0.15, -0.1) is 0 Å². The van der Waals surface area contributed by atoms with Gasteiger partial charge in [-0.2, -0.15) is 0 Å². The number of ether oxygens (including phenoxy) is 1. The summed E-state index contributed by atoms with van der Waals surface area (Å²) in [6, 6.07) is 4.39. The quantitative estimate of drug-likeness (QED) is 0.607. The number of anilines is 1. The van der Waals surface area contributed by atoms with Gasteiger partial charge in [0.2, 0.25) is 0 Å². The topological polar surface area (TPSA) is 98.1 Å². The predicted molar refractivity (Wildman–Crippen MR) is 95.6 cm³/mol.